The van der Waals surface area contributed by atoms with Gasteiger partial charge in [0.25, 0.3) is 10.0 Å². The first kappa shape index (κ1) is 19.1. The van der Waals surface area contributed by atoms with Crippen molar-refractivity contribution in [2.75, 3.05) is 0 Å². The minimum absolute atomic E-state index is 0.00663. The molecule has 0 unspecified atom stereocenters. The lowest BCUT2D eigenvalue weighted by Gasteiger charge is -2.14. The van der Waals surface area contributed by atoms with Gasteiger partial charge >= 0.3 is 5.97 Å². The Morgan fingerprint density at radius 1 is 1.16 bits per heavy atom. The van der Waals surface area contributed by atoms with Gasteiger partial charge in [-0.1, -0.05) is 30.3 Å². The van der Waals surface area contributed by atoms with Crippen LogP contribution in [-0.4, -0.2) is 31.4 Å². The molecule has 0 radical (unpaired) electrons. The average molecular weight is 382 g/mol. The Labute approximate surface area is 149 Å². The lowest BCUT2D eigenvalue weighted by atomic mass is 10.1. The standard InChI is InChI=1S/C16H18N2O5S2/c1-11(19)17-10-13-7-8-15(24-13)25(22,23)18-14(16(20)21)9-12-5-3-2-4-6-12/h2-8,14,18H,9-10H2,1H3,(H,17,19)(H,20,21)/t14-/m1/s1. The van der Waals surface area contributed by atoms with Crippen LogP contribution in [0.15, 0.2) is 46.7 Å². The van der Waals surface area contributed by atoms with Gasteiger partial charge in [0.15, 0.2) is 0 Å². The molecule has 25 heavy (non-hydrogen) atoms. The molecule has 1 amide bonds. The van der Waals surface area contributed by atoms with E-state index in [9.17, 15) is 23.1 Å². The van der Waals surface area contributed by atoms with E-state index in [1.54, 1.807) is 36.4 Å². The maximum Gasteiger partial charge on any atom is 0.322 e. The van der Waals surface area contributed by atoms with Crippen LogP contribution in [0.1, 0.15) is 17.4 Å². The molecule has 0 aliphatic heterocycles. The topological polar surface area (TPSA) is 113 Å². The molecule has 1 aromatic carbocycles. The van der Waals surface area contributed by atoms with Crippen molar-refractivity contribution < 1.29 is 23.1 Å². The monoisotopic (exact) mass is 382 g/mol. The van der Waals surface area contributed by atoms with Crippen LogP contribution in [0, 0.1) is 0 Å². The fourth-order valence-corrected chi connectivity index (χ4v) is 4.59. The molecule has 1 atom stereocenters. The molecule has 134 valence electrons. The van der Waals surface area contributed by atoms with Crippen molar-refractivity contribution >= 4 is 33.2 Å². The van der Waals surface area contributed by atoms with Crippen molar-refractivity contribution in [3.63, 3.8) is 0 Å². The van der Waals surface area contributed by atoms with Gasteiger partial charge in [0.2, 0.25) is 5.91 Å². The van der Waals surface area contributed by atoms with Crippen LogP contribution in [0.3, 0.4) is 0 Å². The van der Waals surface area contributed by atoms with E-state index in [2.05, 4.69) is 10.0 Å². The van der Waals surface area contributed by atoms with E-state index in [0.717, 1.165) is 16.9 Å². The first-order valence-corrected chi connectivity index (χ1v) is 9.70. The Morgan fingerprint density at radius 2 is 1.84 bits per heavy atom. The molecule has 7 nitrogen and oxygen atoms in total. The molecule has 0 aliphatic rings. The highest BCUT2D eigenvalue weighted by molar-refractivity contribution is 7.91. The van der Waals surface area contributed by atoms with Gasteiger partial charge in [0.05, 0.1) is 6.54 Å². The first-order valence-electron chi connectivity index (χ1n) is 7.40. The summed E-state index contributed by atoms with van der Waals surface area (Å²) in [7, 11) is -3.97. The highest BCUT2D eigenvalue weighted by atomic mass is 32.2. The average Bonchev–Trinajstić information content (AvgIpc) is 3.03. The number of carboxylic acid groups (broad SMARTS) is 1. The summed E-state index contributed by atoms with van der Waals surface area (Å²) in [5, 5.41) is 11.9. The molecular formula is C16H18N2O5S2. The minimum Gasteiger partial charge on any atom is -0.480 e. The van der Waals surface area contributed by atoms with Gasteiger partial charge in [0, 0.05) is 11.8 Å². The number of benzene rings is 1. The number of carbonyl (C=O) groups is 2. The minimum atomic E-state index is -3.97. The molecule has 2 aromatic rings. The third-order valence-electron chi connectivity index (χ3n) is 3.29. The summed E-state index contributed by atoms with van der Waals surface area (Å²) in [6.07, 6.45) is 0.0412. The second-order valence-electron chi connectivity index (χ2n) is 5.33. The Balaban J connectivity index is 2.12. The summed E-state index contributed by atoms with van der Waals surface area (Å²) in [6.45, 7) is 1.59. The van der Waals surface area contributed by atoms with Crippen LogP contribution in [0.2, 0.25) is 0 Å². The van der Waals surface area contributed by atoms with Gasteiger partial charge < -0.3 is 10.4 Å². The van der Waals surface area contributed by atoms with Gasteiger partial charge in [-0.2, -0.15) is 4.72 Å². The second kappa shape index (κ2) is 8.24. The molecular weight excluding hydrogens is 364 g/mol. The molecule has 1 aromatic heterocycles. The molecule has 0 fully saturated rings. The number of aliphatic carboxylic acids is 1. The predicted octanol–water partition coefficient (Wildman–Crippen LogP) is 1.36. The fraction of sp³-hybridized carbons (Fsp3) is 0.250. The van der Waals surface area contributed by atoms with Crippen LogP contribution in [-0.2, 0) is 32.6 Å². The van der Waals surface area contributed by atoms with E-state index in [1.807, 2.05) is 0 Å². The molecule has 0 saturated heterocycles. The van der Waals surface area contributed by atoms with Crippen LogP contribution in [0.5, 0.6) is 0 Å². The maximum absolute atomic E-state index is 12.4. The number of thiophene rings is 1. The first-order chi connectivity index (χ1) is 11.8. The van der Waals surface area contributed by atoms with Crippen molar-refractivity contribution in [1.82, 2.24) is 10.0 Å². The molecule has 0 aliphatic carbocycles. The van der Waals surface area contributed by atoms with Crippen LogP contribution < -0.4 is 10.0 Å². The summed E-state index contributed by atoms with van der Waals surface area (Å²) in [6, 6.07) is 10.5. The van der Waals surface area contributed by atoms with E-state index < -0.39 is 22.0 Å². The molecule has 1 heterocycles. The Morgan fingerprint density at radius 3 is 2.44 bits per heavy atom. The van der Waals surface area contributed by atoms with E-state index in [1.165, 1.54) is 13.0 Å². The zero-order chi connectivity index (χ0) is 18.4. The zero-order valence-electron chi connectivity index (χ0n) is 13.4. The quantitative estimate of drug-likeness (QED) is 0.638. The van der Waals surface area contributed by atoms with Crippen molar-refractivity contribution in [3.8, 4) is 0 Å². The summed E-state index contributed by atoms with van der Waals surface area (Å²) >= 11 is 0.984. The number of hydrogen-bond acceptors (Lipinski definition) is 5. The smallest absolute Gasteiger partial charge is 0.322 e. The number of hydrogen-bond donors (Lipinski definition) is 3. The van der Waals surface area contributed by atoms with Crippen LogP contribution in [0.4, 0.5) is 0 Å². The number of sulfonamides is 1. The summed E-state index contributed by atoms with van der Waals surface area (Å²) in [5.74, 6) is -1.47. The molecule has 0 saturated carbocycles. The number of carboxylic acids is 1. The van der Waals surface area contributed by atoms with Crippen molar-refractivity contribution in [2.45, 2.75) is 30.1 Å². The third-order valence-corrected chi connectivity index (χ3v) is 6.34. The molecule has 0 bridgehead atoms. The molecule has 3 N–H and O–H groups in total. The maximum atomic E-state index is 12.4. The summed E-state index contributed by atoms with van der Waals surface area (Å²) in [4.78, 5) is 23.0. The Kier molecular flexibility index (Phi) is 6.29. The normalized spacial score (nSPS) is 12.5. The third kappa shape index (κ3) is 5.66. The fourth-order valence-electron chi connectivity index (χ4n) is 2.08. The summed E-state index contributed by atoms with van der Waals surface area (Å²) in [5.41, 5.74) is 0.718. The highest BCUT2D eigenvalue weighted by Gasteiger charge is 2.26. The van der Waals surface area contributed by atoms with Crippen LogP contribution >= 0.6 is 11.3 Å². The number of carbonyl (C=O) groups excluding carboxylic acids is 1. The molecule has 0 spiro atoms. The number of nitrogens with one attached hydrogen (secondary N) is 2. The Hall–Kier alpha value is -2.23. The molecule has 9 heteroatoms. The Bertz CT molecular complexity index is 846. The van der Waals surface area contributed by atoms with E-state index in [-0.39, 0.29) is 23.1 Å². The number of rotatable bonds is 8. The van der Waals surface area contributed by atoms with Crippen molar-refractivity contribution in [1.29, 1.82) is 0 Å². The van der Waals surface area contributed by atoms with Crippen LogP contribution in [0.25, 0.3) is 0 Å². The van der Waals surface area contributed by atoms with Gasteiger partial charge in [-0.25, -0.2) is 8.42 Å². The van der Waals surface area contributed by atoms with Crippen molar-refractivity contribution in [3.05, 3.63) is 52.9 Å². The van der Waals surface area contributed by atoms with Gasteiger partial charge in [-0.05, 0) is 24.1 Å². The molecule has 2 rings (SSSR count). The zero-order valence-corrected chi connectivity index (χ0v) is 15.1. The van der Waals surface area contributed by atoms with E-state index in [4.69, 9.17) is 0 Å². The second-order valence-corrected chi connectivity index (χ2v) is 8.44. The van der Waals surface area contributed by atoms with Crippen molar-refractivity contribution in [2.24, 2.45) is 0 Å². The van der Waals surface area contributed by atoms with Gasteiger partial charge in [-0.15, -0.1) is 11.3 Å². The highest BCUT2D eigenvalue weighted by Crippen LogP contribution is 2.22. The lowest BCUT2D eigenvalue weighted by molar-refractivity contribution is -0.138. The largest absolute Gasteiger partial charge is 0.480 e. The summed E-state index contributed by atoms with van der Waals surface area (Å²) < 4.78 is 27.1. The lowest BCUT2D eigenvalue weighted by Crippen LogP contribution is -2.42. The van der Waals surface area contributed by atoms with Gasteiger partial charge in [-0.3, -0.25) is 9.59 Å². The van der Waals surface area contributed by atoms with Gasteiger partial charge in [0.1, 0.15) is 10.3 Å². The predicted molar refractivity (Wildman–Crippen MR) is 93.7 cm³/mol. The van der Waals surface area contributed by atoms with E-state index >= 15 is 0 Å². The SMILES string of the molecule is CC(=O)NCc1ccc(S(=O)(=O)N[C@H](Cc2ccccc2)C(=O)O)s1. The number of amides is 1. The van der Waals surface area contributed by atoms with E-state index in [0.29, 0.717) is 4.88 Å².